The molecule has 0 bridgehead atoms. The molecular formula is C73H50N2O. The van der Waals surface area contributed by atoms with Crippen LogP contribution in [0.2, 0.25) is 0 Å². The molecule has 0 saturated heterocycles. The van der Waals surface area contributed by atoms with Gasteiger partial charge in [-0.05, 0) is 144 Å². The topological polar surface area (TPSA) is 19.6 Å². The first-order chi connectivity index (χ1) is 37.4. The van der Waals surface area contributed by atoms with E-state index in [9.17, 15) is 0 Å². The molecule has 0 unspecified atom stereocenters. The standard InChI is InChI=1S/C73H50N2O/c1-73(2)67-25-13-11-21-61(67)62-41-39-55(45-68(62)73)74(69-43-51-15-3-5-17-57(51)59-19-7-9-22-63(59)69)53-35-31-49(32-36-53)47-27-29-48(30-28-47)50-33-37-54(38-34-50)75(56-40-42-66-65-24-12-14-26-71(65)76-72(66)46-56)70-44-52-16-4-6-18-58(52)60-20-8-10-23-64(60)70/h3-46H,1-2H3. The van der Waals surface area contributed by atoms with Gasteiger partial charge in [-0.3, -0.25) is 0 Å². The first-order valence-corrected chi connectivity index (χ1v) is 26.3. The number of nitrogens with zero attached hydrogens (tertiary/aromatic N) is 2. The van der Waals surface area contributed by atoms with Crippen molar-refractivity contribution in [3.63, 3.8) is 0 Å². The second-order valence-electron chi connectivity index (χ2n) is 20.8. The Balaban J connectivity index is 0.783. The second kappa shape index (κ2) is 17.2. The number of fused-ring (bicyclic) bond motifs is 12. The highest BCUT2D eigenvalue weighted by atomic mass is 16.3. The van der Waals surface area contributed by atoms with Crippen LogP contribution >= 0.6 is 0 Å². The summed E-state index contributed by atoms with van der Waals surface area (Å²) < 4.78 is 6.47. The Bertz CT molecular complexity index is 4600. The molecule has 0 atom stereocenters. The first-order valence-electron chi connectivity index (χ1n) is 26.3. The van der Waals surface area contributed by atoms with Gasteiger partial charge in [-0.1, -0.05) is 208 Å². The van der Waals surface area contributed by atoms with Crippen LogP contribution in [0, 0.1) is 0 Å². The molecular weight excluding hydrogens is 921 g/mol. The SMILES string of the molecule is CC1(C)c2ccccc2-c2ccc(N(c3ccc(-c4ccc(-c5ccc(N(c6ccc7c(c6)oc6ccccc67)c6cc7ccccc7c7ccccc67)cc5)cc4)cc3)c3cc4ccccc4c4ccccc34)cc21. The van der Waals surface area contributed by atoms with Gasteiger partial charge in [-0.2, -0.15) is 0 Å². The van der Waals surface area contributed by atoms with Crippen LogP contribution in [-0.4, -0.2) is 0 Å². The minimum Gasteiger partial charge on any atom is -0.456 e. The smallest absolute Gasteiger partial charge is 0.137 e. The van der Waals surface area contributed by atoms with Gasteiger partial charge in [0.15, 0.2) is 0 Å². The van der Waals surface area contributed by atoms with E-state index in [1.165, 1.54) is 76.5 Å². The van der Waals surface area contributed by atoms with Crippen molar-refractivity contribution in [3.05, 3.63) is 278 Å². The highest BCUT2D eigenvalue weighted by Gasteiger charge is 2.36. The molecule has 14 aromatic rings. The first kappa shape index (κ1) is 43.8. The monoisotopic (exact) mass is 970 g/mol. The molecule has 0 saturated carbocycles. The maximum absolute atomic E-state index is 6.47. The van der Waals surface area contributed by atoms with E-state index in [1.807, 2.05) is 12.1 Å². The van der Waals surface area contributed by atoms with E-state index in [-0.39, 0.29) is 5.41 Å². The molecule has 0 fully saturated rings. The van der Waals surface area contributed by atoms with E-state index in [1.54, 1.807) is 0 Å². The number of rotatable bonds is 8. The predicted molar refractivity (Wildman–Crippen MR) is 322 cm³/mol. The molecule has 1 aliphatic carbocycles. The molecule has 1 heterocycles. The molecule has 1 aromatic heterocycles. The van der Waals surface area contributed by atoms with Crippen molar-refractivity contribution in [2.75, 3.05) is 9.80 Å². The van der Waals surface area contributed by atoms with Crippen LogP contribution in [0.3, 0.4) is 0 Å². The van der Waals surface area contributed by atoms with Gasteiger partial charge in [0.25, 0.3) is 0 Å². The van der Waals surface area contributed by atoms with Crippen molar-refractivity contribution < 1.29 is 4.42 Å². The van der Waals surface area contributed by atoms with E-state index >= 15 is 0 Å². The lowest BCUT2D eigenvalue weighted by Gasteiger charge is -2.29. The lowest BCUT2D eigenvalue weighted by atomic mass is 9.82. The zero-order valence-electron chi connectivity index (χ0n) is 42.2. The summed E-state index contributed by atoms with van der Waals surface area (Å²) in [6.07, 6.45) is 0. The van der Waals surface area contributed by atoms with Crippen molar-refractivity contribution in [2.24, 2.45) is 0 Å². The van der Waals surface area contributed by atoms with Gasteiger partial charge in [0.1, 0.15) is 11.2 Å². The summed E-state index contributed by atoms with van der Waals surface area (Å²) in [5, 5.41) is 12.0. The predicted octanol–water partition coefficient (Wildman–Crippen LogP) is 20.8. The minimum atomic E-state index is -0.128. The highest BCUT2D eigenvalue weighted by Crippen LogP contribution is 2.52. The number of benzene rings is 13. The van der Waals surface area contributed by atoms with Crippen molar-refractivity contribution in [2.45, 2.75) is 19.3 Å². The lowest BCUT2D eigenvalue weighted by Crippen LogP contribution is -2.16. The van der Waals surface area contributed by atoms with E-state index in [4.69, 9.17) is 4.42 Å². The van der Waals surface area contributed by atoms with E-state index in [2.05, 4.69) is 278 Å². The third-order valence-corrected chi connectivity index (χ3v) is 16.2. The number of para-hydroxylation sites is 1. The van der Waals surface area contributed by atoms with Gasteiger partial charge in [0.05, 0.1) is 11.4 Å². The number of hydrogen-bond acceptors (Lipinski definition) is 3. The fourth-order valence-electron chi connectivity index (χ4n) is 12.4. The fraction of sp³-hybridized carbons (Fsp3) is 0.0411. The second-order valence-corrected chi connectivity index (χ2v) is 20.8. The quantitative estimate of drug-likeness (QED) is 0.142. The molecule has 0 radical (unpaired) electrons. The zero-order valence-corrected chi connectivity index (χ0v) is 42.2. The highest BCUT2D eigenvalue weighted by molar-refractivity contribution is 6.16. The summed E-state index contributed by atoms with van der Waals surface area (Å²) in [7, 11) is 0. The Kier molecular flexibility index (Phi) is 9.92. The summed E-state index contributed by atoms with van der Waals surface area (Å²) in [5.74, 6) is 0. The molecule has 0 aliphatic heterocycles. The summed E-state index contributed by atoms with van der Waals surface area (Å²) in [4.78, 5) is 4.84. The van der Waals surface area contributed by atoms with Crippen molar-refractivity contribution in [1.82, 2.24) is 0 Å². The molecule has 1 aliphatic rings. The third-order valence-electron chi connectivity index (χ3n) is 16.2. The Labute approximate surface area is 441 Å². The molecule has 0 spiro atoms. The number of hydrogen-bond donors (Lipinski definition) is 0. The number of furan rings is 1. The van der Waals surface area contributed by atoms with Gasteiger partial charge in [0.2, 0.25) is 0 Å². The van der Waals surface area contributed by atoms with Crippen LogP contribution in [0.4, 0.5) is 34.1 Å². The summed E-state index contributed by atoms with van der Waals surface area (Å²) in [5.41, 5.74) is 18.3. The molecule has 76 heavy (non-hydrogen) atoms. The average molecular weight is 971 g/mol. The summed E-state index contributed by atoms with van der Waals surface area (Å²) >= 11 is 0. The van der Waals surface area contributed by atoms with Crippen LogP contribution < -0.4 is 9.80 Å². The van der Waals surface area contributed by atoms with Crippen LogP contribution in [-0.2, 0) is 5.41 Å². The average Bonchev–Trinajstić information content (AvgIpc) is 3.97. The van der Waals surface area contributed by atoms with Gasteiger partial charge in [-0.15, -0.1) is 0 Å². The molecule has 3 nitrogen and oxygen atoms in total. The Morgan fingerprint density at radius 3 is 1.24 bits per heavy atom. The van der Waals surface area contributed by atoms with Crippen molar-refractivity contribution in [1.29, 1.82) is 0 Å². The maximum atomic E-state index is 6.47. The molecule has 0 N–H and O–H groups in total. The van der Waals surface area contributed by atoms with Crippen LogP contribution in [0.25, 0.3) is 98.4 Å². The van der Waals surface area contributed by atoms with E-state index in [0.29, 0.717) is 0 Å². The number of anilines is 6. The van der Waals surface area contributed by atoms with Crippen LogP contribution in [0.1, 0.15) is 25.0 Å². The summed E-state index contributed by atoms with van der Waals surface area (Å²) in [6, 6.07) is 97.7. The van der Waals surface area contributed by atoms with Crippen molar-refractivity contribution >= 4 is 99.2 Å². The molecule has 15 rings (SSSR count). The molecule has 0 amide bonds. The Hall–Kier alpha value is -9.70. The maximum Gasteiger partial charge on any atom is 0.137 e. The van der Waals surface area contributed by atoms with Gasteiger partial charge < -0.3 is 14.2 Å². The summed E-state index contributed by atoms with van der Waals surface area (Å²) in [6.45, 7) is 4.72. The van der Waals surface area contributed by atoms with Crippen LogP contribution in [0.5, 0.6) is 0 Å². The van der Waals surface area contributed by atoms with E-state index in [0.717, 1.165) is 67.2 Å². The minimum absolute atomic E-state index is 0.128. The van der Waals surface area contributed by atoms with E-state index < -0.39 is 0 Å². The van der Waals surface area contributed by atoms with Gasteiger partial charge >= 0.3 is 0 Å². The molecule has 13 aromatic carbocycles. The third kappa shape index (κ3) is 6.97. The largest absolute Gasteiger partial charge is 0.456 e. The van der Waals surface area contributed by atoms with Crippen LogP contribution in [0.15, 0.2) is 271 Å². The normalized spacial score (nSPS) is 12.7. The van der Waals surface area contributed by atoms with Gasteiger partial charge in [-0.25, -0.2) is 0 Å². The Morgan fingerprint density at radius 1 is 0.276 bits per heavy atom. The van der Waals surface area contributed by atoms with Gasteiger partial charge in [0, 0.05) is 55.8 Å². The fourth-order valence-corrected chi connectivity index (χ4v) is 12.4. The van der Waals surface area contributed by atoms with Crippen molar-refractivity contribution in [3.8, 4) is 33.4 Å². The molecule has 3 heteroatoms. The lowest BCUT2D eigenvalue weighted by molar-refractivity contribution is 0.660. The Morgan fingerprint density at radius 2 is 0.671 bits per heavy atom. The molecule has 358 valence electrons. The zero-order chi connectivity index (χ0) is 50.5.